The van der Waals surface area contributed by atoms with Gasteiger partial charge in [-0.15, -0.1) is 0 Å². The number of carbonyl (C=O) groups excluding carboxylic acids is 2. The molecule has 0 unspecified atom stereocenters. The molecule has 6 nitrogen and oxygen atoms in total. The number of methoxy groups -OCH3 is 1. The summed E-state index contributed by atoms with van der Waals surface area (Å²) in [6.45, 7) is 0. The average Bonchev–Trinajstić information content (AvgIpc) is 2.96. The molecular formula is C17H16FN3O3. The van der Waals surface area contributed by atoms with Gasteiger partial charge in [-0.2, -0.15) is 0 Å². The smallest absolute Gasteiger partial charge is 0.258 e. The van der Waals surface area contributed by atoms with E-state index in [0.29, 0.717) is 5.75 Å². The molecule has 1 saturated heterocycles. The van der Waals surface area contributed by atoms with Crippen molar-refractivity contribution < 1.29 is 18.7 Å². The van der Waals surface area contributed by atoms with E-state index >= 15 is 0 Å². The van der Waals surface area contributed by atoms with Crippen LogP contribution in [0.25, 0.3) is 0 Å². The maximum absolute atomic E-state index is 12.9. The molecule has 0 aromatic heterocycles. The molecule has 2 aromatic rings. The van der Waals surface area contributed by atoms with E-state index in [9.17, 15) is 14.0 Å². The third-order valence-corrected chi connectivity index (χ3v) is 3.83. The van der Waals surface area contributed by atoms with Gasteiger partial charge in [0.05, 0.1) is 13.2 Å². The summed E-state index contributed by atoms with van der Waals surface area (Å²) >= 11 is 0. The Morgan fingerprint density at radius 3 is 2.42 bits per heavy atom. The Morgan fingerprint density at radius 2 is 1.79 bits per heavy atom. The zero-order valence-corrected chi connectivity index (χ0v) is 12.9. The Bertz CT molecular complexity index is 747. The Hall–Kier alpha value is -2.93. The van der Waals surface area contributed by atoms with Crippen molar-refractivity contribution in [1.29, 1.82) is 0 Å². The van der Waals surface area contributed by atoms with E-state index in [-0.39, 0.29) is 11.5 Å². The Morgan fingerprint density at radius 1 is 1.12 bits per heavy atom. The van der Waals surface area contributed by atoms with E-state index in [1.807, 2.05) is 12.1 Å². The van der Waals surface area contributed by atoms with Crippen molar-refractivity contribution in [2.24, 2.45) is 0 Å². The summed E-state index contributed by atoms with van der Waals surface area (Å²) in [6.07, 6.45) is 0. The minimum atomic E-state index is -0.782. The summed E-state index contributed by atoms with van der Waals surface area (Å²) in [5.41, 5.74) is 6.48. The molecule has 0 saturated carbocycles. The fourth-order valence-corrected chi connectivity index (χ4v) is 2.52. The van der Waals surface area contributed by atoms with Crippen molar-refractivity contribution in [3.63, 3.8) is 0 Å². The largest absolute Gasteiger partial charge is 0.497 e. The number of hydrogen-bond donors (Lipinski definition) is 3. The van der Waals surface area contributed by atoms with E-state index in [1.54, 1.807) is 19.2 Å². The lowest BCUT2D eigenvalue weighted by Gasteiger charge is -2.18. The first-order valence-corrected chi connectivity index (χ1v) is 7.34. The number of carbonyl (C=O) groups is 2. The summed E-state index contributed by atoms with van der Waals surface area (Å²) in [7, 11) is 1.57. The molecule has 2 aromatic carbocycles. The van der Waals surface area contributed by atoms with Crippen molar-refractivity contribution in [2.75, 3.05) is 7.11 Å². The third-order valence-electron chi connectivity index (χ3n) is 3.83. The fourth-order valence-electron chi connectivity index (χ4n) is 2.52. The van der Waals surface area contributed by atoms with Crippen molar-refractivity contribution >= 4 is 11.8 Å². The first-order chi connectivity index (χ1) is 11.6. The highest BCUT2D eigenvalue weighted by Crippen LogP contribution is 2.23. The van der Waals surface area contributed by atoms with Gasteiger partial charge in [-0.25, -0.2) is 9.82 Å². The molecule has 7 heteroatoms. The lowest BCUT2D eigenvalue weighted by Crippen LogP contribution is -2.42. The fraction of sp³-hybridized carbons (Fsp3) is 0.176. The number of benzene rings is 2. The number of hydrazine groups is 1. The van der Waals surface area contributed by atoms with Gasteiger partial charge in [0, 0.05) is 5.56 Å². The van der Waals surface area contributed by atoms with Crippen LogP contribution in [0, 0.1) is 5.82 Å². The Labute approximate surface area is 138 Å². The van der Waals surface area contributed by atoms with E-state index < -0.39 is 23.8 Å². The number of halogens is 1. The third kappa shape index (κ3) is 3.21. The van der Waals surface area contributed by atoms with Gasteiger partial charge in [0.15, 0.2) is 0 Å². The molecule has 0 aliphatic carbocycles. The van der Waals surface area contributed by atoms with Crippen LogP contribution in [0.5, 0.6) is 5.75 Å². The maximum Gasteiger partial charge on any atom is 0.258 e. The summed E-state index contributed by atoms with van der Waals surface area (Å²) < 4.78 is 18.1. The topological polar surface area (TPSA) is 79.5 Å². The molecule has 24 heavy (non-hydrogen) atoms. The van der Waals surface area contributed by atoms with Crippen LogP contribution in [-0.2, 0) is 4.79 Å². The van der Waals surface area contributed by atoms with Gasteiger partial charge in [0.25, 0.3) is 11.8 Å². The molecular weight excluding hydrogens is 313 g/mol. The molecule has 0 spiro atoms. The van der Waals surface area contributed by atoms with E-state index in [4.69, 9.17) is 4.74 Å². The Balaban J connectivity index is 1.77. The number of rotatable bonds is 4. The molecule has 1 fully saturated rings. The van der Waals surface area contributed by atoms with Crippen LogP contribution in [0.4, 0.5) is 4.39 Å². The molecule has 1 heterocycles. The van der Waals surface area contributed by atoms with Gasteiger partial charge in [-0.3, -0.25) is 15.0 Å². The van der Waals surface area contributed by atoms with Gasteiger partial charge in [-0.05, 0) is 42.0 Å². The van der Waals surface area contributed by atoms with Crippen molar-refractivity contribution in [3.8, 4) is 5.75 Å². The molecule has 1 aliphatic rings. The number of hydrogen-bond acceptors (Lipinski definition) is 4. The predicted octanol–water partition coefficient (Wildman–Crippen LogP) is 1.31. The standard InChI is InChI=1S/C17H16FN3O3/c1-24-13-8-4-10(5-9-13)14-15(17(23)21-20-14)19-16(22)11-2-6-12(18)7-3-11/h2-9,14-15,20H,1H3,(H,19,22)(H,21,23)/t14-,15+/m1/s1. The lowest BCUT2D eigenvalue weighted by atomic mass is 10.00. The minimum Gasteiger partial charge on any atom is -0.497 e. The zero-order valence-electron chi connectivity index (χ0n) is 12.9. The first-order valence-electron chi connectivity index (χ1n) is 7.34. The Kier molecular flexibility index (Phi) is 4.43. The number of ether oxygens (including phenoxy) is 1. The van der Waals surface area contributed by atoms with Gasteiger partial charge in [-0.1, -0.05) is 12.1 Å². The zero-order chi connectivity index (χ0) is 17.1. The molecule has 0 radical (unpaired) electrons. The highest BCUT2D eigenvalue weighted by Gasteiger charge is 2.36. The molecule has 3 N–H and O–H groups in total. The number of nitrogens with one attached hydrogen (secondary N) is 3. The second-order valence-corrected chi connectivity index (χ2v) is 5.34. The molecule has 124 valence electrons. The highest BCUT2D eigenvalue weighted by atomic mass is 19.1. The van der Waals surface area contributed by atoms with Crippen LogP contribution in [-0.4, -0.2) is 25.0 Å². The van der Waals surface area contributed by atoms with Crippen LogP contribution >= 0.6 is 0 Å². The van der Waals surface area contributed by atoms with Crippen LogP contribution in [0.15, 0.2) is 48.5 Å². The van der Waals surface area contributed by atoms with Crippen LogP contribution in [0.2, 0.25) is 0 Å². The molecule has 0 bridgehead atoms. The van der Waals surface area contributed by atoms with Gasteiger partial charge < -0.3 is 10.1 Å². The average molecular weight is 329 g/mol. The summed E-state index contributed by atoms with van der Waals surface area (Å²) in [5.74, 6) is -0.519. The van der Waals surface area contributed by atoms with Crippen molar-refractivity contribution in [2.45, 2.75) is 12.1 Å². The summed E-state index contributed by atoms with van der Waals surface area (Å²) in [4.78, 5) is 24.3. The normalized spacial score (nSPS) is 19.7. The van der Waals surface area contributed by atoms with Crippen LogP contribution < -0.4 is 20.9 Å². The SMILES string of the molecule is COc1ccc([C@H]2NNC(=O)[C@H]2NC(=O)c2ccc(F)cc2)cc1. The van der Waals surface area contributed by atoms with E-state index in [2.05, 4.69) is 16.2 Å². The molecule has 1 aliphatic heterocycles. The van der Waals surface area contributed by atoms with Crippen molar-refractivity contribution in [3.05, 3.63) is 65.5 Å². The minimum absolute atomic E-state index is 0.282. The van der Waals surface area contributed by atoms with E-state index in [1.165, 1.54) is 24.3 Å². The molecule has 2 amide bonds. The van der Waals surface area contributed by atoms with Gasteiger partial charge in [0.1, 0.15) is 17.6 Å². The molecule has 3 rings (SSSR count). The van der Waals surface area contributed by atoms with Gasteiger partial charge >= 0.3 is 0 Å². The summed E-state index contributed by atoms with van der Waals surface area (Å²) in [5, 5.41) is 2.67. The first kappa shape index (κ1) is 15.9. The number of amides is 2. The molecule has 2 atom stereocenters. The van der Waals surface area contributed by atoms with Gasteiger partial charge in [0.2, 0.25) is 0 Å². The lowest BCUT2D eigenvalue weighted by molar-refractivity contribution is -0.121. The van der Waals surface area contributed by atoms with E-state index in [0.717, 1.165) is 5.56 Å². The van der Waals surface area contributed by atoms with Crippen molar-refractivity contribution in [1.82, 2.24) is 16.2 Å². The summed E-state index contributed by atoms with van der Waals surface area (Å²) in [6, 6.07) is 11.1. The maximum atomic E-state index is 12.9. The van der Waals surface area contributed by atoms with Crippen LogP contribution in [0.1, 0.15) is 22.0 Å². The highest BCUT2D eigenvalue weighted by molar-refractivity contribution is 5.98. The van der Waals surface area contributed by atoms with Crippen LogP contribution in [0.3, 0.4) is 0 Å². The quantitative estimate of drug-likeness (QED) is 0.790. The predicted molar refractivity (Wildman–Crippen MR) is 84.7 cm³/mol. The second kappa shape index (κ2) is 6.67. The monoisotopic (exact) mass is 329 g/mol. The second-order valence-electron chi connectivity index (χ2n) is 5.34.